The number of aliphatic carboxylic acids is 1. The van der Waals surface area contributed by atoms with Crippen molar-refractivity contribution in [2.75, 3.05) is 19.8 Å². The van der Waals surface area contributed by atoms with Crippen LogP contribution in [0.4, 0.5) is 0 Å². The van der Waals surface area contributed by atoms with Crippen molar-refractivity contribution in [3.63, 3.8) is 0 Å². The first kappa shape index (κ1) is 10.0. The van der Waals surface area contributed by atoms with Crippen molar-refractivity contribution in [2.24, 2.45) is 0 Å². The van der Waals surface area contributed by atoms with Gasteiger partial charge in [0.15, 0.2) is 0 Å². The van der Waals surface area contributed by atoms with Crippen molar-refractivity contribution < 1.29 is 19.7 Å². The Morgan fingerprint density at radius 3 is 2.92 bits per heavy atom. The maximum atomic E-state index is 10.1. The molecule has 0 aromatic heterocycles. The molecule has 1 atom stereocenters. The molecule has 3 N–H and O–H groups in total. The summed E-state index contributed by atoms with van der Waals surface area (Å²) in [5.41, 5.74) is -0.494. The second kappa shape index (κ2) is 4.25. The number of ether oxygens (including phenoxy) is 1. The second-order valence-corrected chi connectivity index (χ2v) is 3.06. The van der Waals surface area contributed by atoms with Crippen LogP contribution >= 0.6 is 0 Å². The van der Waals surface area contributed by atoms with Crippen LogP contribution in [0.5, 0.6) is 0 Å². The first-order valence-corrected chi connectivity index (χ1v) is 4.04. The number of carbonyl (C=O) groups is 1. The van der Waals surface area contributed by atoms with Gasteiger partial charge in [-0.05, 0) is 6.42 Å². The molecular formula is C8H13NO4. The van der Waals surface area contributed by atoms with Crippen molar-refractivity contribution >= 4 is 5.97 Å². The minimum absolute atomic E-state index is 0.0586. The van der Waals surface area contributed by atoms with Gasteiger partial charge in [0.05, 0.1) is 18.8 Å². The van der Waals surface area contributed by atoms with E-state index in [1.165, 1.54) is 6.20 Å². The molecule has 0 aromatic rings. The van der Waals surface area contributed by atoms with Crippen LogP contribution in [0, 0.1) is 0 Å². The number of carboxylic acids is 1. The summed E-state index contributed by atoms with van der Waals surface area (Å²) >= 11 is 0. The molecule has 1 unspecified atom stereocenters. The summed E-state index contributed by atoms with van der Waals surface area (Å²) in [6, 6.07) is 0. The summed E-state index contributed by atoms with van der Waals surface area (Å²) < 4.78 is 5.11. The average Bonchev–Trinajstić information content (AvgIpc) is 2.53. The van der Waals surface area contributed by atoms with E-state index in [9.17, 15) is 4.79 Å². The molecule has 1 aliphatic rings. The zero-order chi connectivity index (χ0) is 9.73. The normalized spacial score (nSPS) is 28.1. The maximum absolute atomic E-state index is 10.1. The van der Waals surface area contributed by atoms with E-state index in [0.29, 0.717) is 19.6 Å². The quantitative estimate of drug-likeness (QED) is 0.508. The van der Waals surface area contributed by atoms with Gasteiger partial charge in [0.2, 0.25) is 0 Å². The smallest absolute Gasteiger partial charge is 0.329 e. The molecule has 1 saturated heterocycles. The fourth-order valence-corrected chi connectivity index (χ4v) is 1.18. The van der Waals surface area contributed by atoms with Crippen LogP contribution in [-0.4, -0.2) is 41.5 Å². The third-order valence-corrected chi connectivity index (χ3v) is 2.02. The van der Waals surface area contributed by atoms with Crippen LogP contribution in [0.15, 0.2) is 12.3 Å². The van der Waals surface area contributed by atoms with Crippen LogP contribution in [0.3, 0.4) is 0 Å². The molecular weight excluding hydrogens is 174 g/mol. The molecule has 0 radical (unpaired) electrons. The number of aliphatic hydroxyl groups is 1. The number of aliphatic hydroxyl groups excluding tert-OH is 1. The van der Waals surface area contributed by atoms with Crippen molar-refractivity contribution in [3.05, 3.63) is 12.3 Å². The highest BCUT2D eigenvalue weighted by atomic mass is 16.5. The van der Waals surface area contributed by atoms with Gasteiger partial charge >= 0.3 is 5.97 Å². The molecule has 5 heteroatoms. The monoisotopic (exact) mass is 187 g/mol. The summed E-state index contributed by atoms with van der Waals surface area (Å²) in [4.78, 5) is 10.1. The molecule has 1 heterocycles. The topological polar surface area (TPSA) is 78.8 Å². The van der Waals surface area contributed by atoms with Gasteiger partial charge in [0, 0.05) is 18.9 Å². The molecule has 74 valence electrons. The Morgan fingerprint density at radius 1 is 1.69 bits per heavy atom. The highest BCUT2D eigenvalue weighted by Gasteiger charge is 2.32. The van der Waals surface area contributed by atoms with Crippen LogP contribution in [0.25, 0.3) is 0 Å². The lowest BCUT2D eigenvalue weighted by atomic mass is 10.0. The van der Waals surface area contributed by atoms with E-state index >= 15 is 0 Å². The number of rotatable bonds is 4. The summed E-state index contributed by atoms with van der Waals surface area (Å²) in [5.74, 6) is -1.01. The summed E-state index contributed by atoms with van der Waals surface area (Å²) in [6.07, 6.45) is 3.01. The van der Waals surface area contributed by atoms with Gasteiger partial charge in [0.25, 0.3) is 0 Å². The lowest BCUT2D eigenvalue weighted by Gasteiger charge is -2.24. The largest absolute Gasteiger partial charge is 0.478 e. The van der Waals surface area contributed by atoms with Gasteiger partial charge < -0.3 is 20.3 Å². The first-order chi connectivity index (χ1) is 6.18. The summed E-state index contributed by atoms with van der Waals surface area (Å²) in [5, 5.41) is 20.2. The Bertz CT molecular complexity index is 208. The Balaban J connectivity index is 2.44. The van der Waals surface area contributed by atoms with Crippen molar-refractivity contribution in [1.82, 2.24) is 5.32 Å². The summed E-state index contributed by atoms with van der Waals surface area (Å²) in [6.45, 7) is 0.943. The predicted molar refractivity (Wildman–Crippen MR) is 45.2 cm³/mol. The van der Waals surface area contributed by atoms with Crippen LogP contribution in [0.1, 0.15) is 6.42 Å². The fraction of sp³-hybridized carbons (Fsp3) is 0.625. The molecule has 0 spiro atoms. The predicted octanol–water partition coefficient (Wildman–Crippen LogP) is -0.674. The maximum Gasteiger partial charge on any atom is 0.329 e. The minimum atomic E-state index is -1.01. The Kier molecular flexibility index (Phi) is 3.27. The lowest BCUT2D eigenvalue weighted by molar-refractivity contribution is -0.131. The fourth-order valence-electron chi connectivity index (χ4n) is 1.18. The molecule has 0 saturated carbocycles. The van der Waals surface area contributed by atoms with Crippen LogP contribution in [0.2, 0.25) is 0 Å². The third kappa shape index (κ3) is 2.71. The lowest BCUT2D eigenvalue weighted by Crippen LogP contribution is -2.46. The number of nitrogens with one attached hydrogen (secondary N) is 1. The molecule has 1 fully saturated rings. The average molecular weight is 187 g/mol. The van der Waals surface area contributed by atoms with Gasteiger partial charge in [0.1, 0.15) is 0 Å². The van der Waals surface area contributed by atoms with Crippen LogP contribution in [-0.2, 0) is 9.53 Å². The minimum Gasteiger partial charge on any atom is -0.478 e. The van der Waals surface area contributed by atoms with Gasteiger partial charge in [-0.1, -0.05) is 0 Å². The SMILES string of the molecule is O=C(O)/C=C/NC1(CO)CCOC1. The highest BCUT2D eigenvalue weighted by Crippen LogP contribution is 2.17. The molecule has 13 heavy (non-hydrogen) atoms. The van der Waals surface area contributed by atoms with Crippen LogP contribution < -0.4 is 5.32 Å². The first-order valence-electron chi connectivity index (χ1n) is 4.04. The standard InChI is InChI=1S/C8H13NO4/c10-5-8(2-4-13-6-8)9-3-1-7(11)12/h1,3,9-10H,2,4-6H2,(H,11,12)/b3-1+. The molecule has 0 aromatic carbocycles. The van der Waals surface area contributed by atoms with E-state index in [1.807, 2.05) is 0 Å². The Hall–Kier alpha value is -1.07. The van der Waals surface area contributed by atoms with E-state index in [4.69, 9.17) is 14.9 Å². The van der Waals surface area contributed by atoms with Crippen molar-refractivity contribution in [1.29, 1.82) is 0 Å². The molecule has 0 bridgehead atoms. The number of carboxylic acid groups (broad SMARTS) is 1. The zero-order valence-corrected chi connectivity index (χ0v) is 7.19. The number of hydrogen-bond acceptors (Lipinski definition) is 4. The zero-order valence-electron chi connectivity index (χ0n) is 7.19. The summed E-state index contributed by atoms with van der Waals surface area (Å²) in [7, 11) is 0. The van der Waals surface area contributed by atoms with E-state index in [2.05, 4.69) is 5.32 Å². The molecule has 0 amide bonds. The van der Waals surface area contributed by atoms with Crippen molar-refractivity contribution in [2.45, 2.75) is 12.0 Å². The van der Waals surface area contributed by atoms with Gasteiger partial charge in [-0.3, -0.25) is 0 Å². The Labute approximate surface area is 76.0 Å². The molecule has 1 aliphatic heterocycles. The van der Waals surface area contributed by atoms with Gasteiger partial charge in [-0.15, -0.1) is 0 Å². The second-order valence-electron chi connectivity index (χ2n) is 3.06. The van der Waals surface area contributed by atoms with E-state index in [-0.39, 0.29) is 6.61 Å². The third-order valence-electron chi connectivity index (χ3n) is 2.02. The van der Waals surface area contributed by atoms with Gasteiger partial charge in [-0.25, -0.2) is 4.79 Å². The highest BCUT2D eigenvalue weighted by molar-refractivity contribution is 5.79. The van der Waals surface area contributed by atoms with Crippen molar-refractivity contribution in [3.8, 4) is 0 Å². The number of hydrogen-bond donors (Lipinski definition) is 3. The van der Waals surface area contributed by atoms with E-state index in [1.54, 1.807) is 0 Å². The molecule has 5 nitrogen and oxygen atoms in total. The molecule has 0 aliphatic carbocycles. The van der Waals surface area contributed by atoms with E-state index < -0.39 is 11.5 Å². The molecule has 1 rings (SSSR count). The van der Waals surface area contributed by atoms with Gasteiger partial charge in [-0.2, -0.15) is 0 Å². The Morgan fingerprint density at radius 2 is 2.46 bits per heavy atom. The van der Waals surface area contributed by atoms with E-state index in [0.717, 1.165) is 6.08 Å².